The van der Waals surface area contributed by atoms with E-state index in [1.165, 1.54) is 12.1 Å². The molecule has 0 saturated carbocycles. The molecule has 4 aromatic carbocycles. The number of fused-ring (bicyclic) bond motifs is 9. The molecule has 0 spiro atoms. The highest BCUT2D eigenvalue weighted by molar-refractivity contribution is 6.04. The fourth-order valence-electron chi connectivity index (χ4n) is 7.87. The first-order valence-electron chi connectivity index (χ1n) is 18.4. The van der Waals surface area contributed by atoms with Gasteiger partial charge in [-0.3, -0.25) is 0 Å². The molecule has 0 aliphatic heterocycles. The lowest BCUT2D eigenvalue weighted by Crippen LogP contribution is -2.08. The molecule has 10 aromatic rings. The molecule has 6 nitrogen and oxygen atoms in total. The summed E-state index contributed by atoms with van der Waals surface area (Å²) >= 11 is 0. The molecule has 6 heterocycles. The summed E-state index contributed by atoms with van der Waals surface area (Å²) in [5, 5.41) is 3.48. The van der Waals surface area contributed by atoms with Gasteiger partial charge in [-0.2, -0.15) is 8.78 Å². The van der Waals surface area contributed by atoms with Crippen molar-refractivity contribution in [1.29, 1.82) is 0 Å². The third-order valence-electron chi connectivity index (χ3n) is 10.7. The lowest BCUT2D eigenvalue weighted by Gasteiger charge is -2.20. The van der Waals surface area contributed by atoms with Crippen LogP contribution in [0.4, 0.5) is 8.78 Å². The number of rotatable bonds is 4. The Morgan fingerprint density at radius 2 is 0.643 bits per heavy atom. The lowest BCUT2D eigenvalue weighted by atomic mass is 9.91. The van der Waals surface area contributed by atoms with Gasteiger partial charge in [0.2, 0.25) is 11.9 Å². The van der Waals surface area contributed by atoms with E-state index in [4.69, 9.17) is 19.9 Å². The minimum Gasteiger partial charge on any atom is -0.246 e. The Morgan fingerprint density at radius 1 is 0.321 bits per heavy atom. The molecule has 0 unspecified atom stereocenters. The minimum absolute atomic E-state index is 0.528. The molecular formula is C48H28F2N6. The first-order valence-corrected chi connectivity index (χ1v) is 18.4. The molecule has 0 N–H and O–H groups in total. The molecule has 0 fully saturated rings. The maximum absolute atomic E-state index is 14.2. The van der Waals surface area contributed by atoms with Crippen molar-refractivity contribution in [1.82, 2.24) is 29.9 Å². The van der Waals surface area contributed by atoms with Crippen LogP contribution in [-0.2, 0) is 12.8 Å². The van der Waals surface area contributed by atoms with E-state index in [2.05, 4.69) is 58.5 Å². The number of pyridine rings is 6. The predicted octanol–water partition coefficient (Wildman–Crippen LogP) is 11.4. The van der Waals surface area contributed by atoms with Gasteiger partial charge in [0.25, 0.3) is 0 Å². The van der Waals surface area contributed by atoms with Gasteiger partial charge >= 0.3 is 0 Å². The maximum atomic E-state index is 14.2. The first-order chi connectivity index (χ1) is 27.5. The molecule has 0 atom stereocenters. The molecule has 6 aromatic heterocycles. The van der Waals surface area contributed by atoms with Crippen LogP contribution < -0.4 is 0 Å². The van der Waals surface area contributed by atoms with Gasteiger partial charge < -0.3 is 0 Å². The van der Waals surface area contributed by atoms with Crippen LogP contribution in [0.1, 0.15) is 11.1 Å². The highest BCUT2D eigenvalue weighted by Gasteiger charge is 2.21. The molecule has 11 rings (SSSR count). The lowest BCUT2D eigenvalue weighted by molar-refractivity contribution is 0.589. The molecule has 264 valence electrons. The van der Waals surface area contributed by atoms with Gasteiger partial charge in [0.1, 0.15) is 0 Å². The molecule has 8 heteroatoms. The summed E-state index contributed by atoms with van der Waals surface area (Å²) in [6.07, 6.45) is 1.77. The van der Waals surface area contributed by atoms with E-state index in [1.54, 1.807) is 12.1 Å². The molecule has 0 bridgehead atoms. The van der Waals surface area contributed by atoms with Crippen molar-refractivity contribution in [2.24, 2.45) is 0 Å². The van der Waals surface area contributed by atoms with E-state index >= 15 is 0 Å². The standard InChI is InChI=1S/C48H28F2N6/c49-41-23-17-31-11-9-29-15-21-39(53-45(29)47(31)55-41)35-5-1-3-33(25-35)37-19-13-27-7-8-28-14-20-38(52-44(28)43(27)51-37)34-4-2-6-36(26-34)40-22-16-30-10-12-32-18-24-42(50)56-48(32)46(30)54-40/h1-6,9-26H,7-8H2. The Labute approximate surface area is 319 Å². The zero-order valence-corrected chi connectivity index (χ0v) is 29.7. The van der Waals surface area contributed by atoms with Crippen LogP contribution in [0.3, 0.4) is 0 Å². The van der Waals surface area contributed by atoms with Gasteiger partial charge in [-0.15, -0.1) is 0 Å². The average molecular weight is 727 g/mol. The van der Waals surface area contributed by atoms with Crippen LogP contribution in [-0.4, -0.2) is 29.9 Å². The number of hydrogen-bond acceptors (Lipinski definition) is 6. The van der Waals surface area contributed by atoms with Crippen LogP contribution in [0.25, 0.3) is 100 Å². The van der Waals surface area contributed by atoms with Gasteiger partial charge in [0.05, 0.1) is 56.2 Å². The largest absolute Gasteiger partial charge is 0.246 e. The highest BCUT2D eigenvalue weighted by Crippen LogP contribution is 2.36. The van der Waals surface area contributed by atoms with Gasteiger partial charge in [0.15, 0.2) is 0 Å². The average Bonchev–Trinajstić information content (AvgIpc) is 3.25. The van der Waals surface area contributed by atoms with E-state index in [9.17, 15) is 8.78 Å². The monoisotopic (exact) mass is 726 g/mol. The fourth-order valence-corrected chi connectivity index (χ4v) is 7.87. The quantitative estimate of drug-likeness (QED) is 0.133. The normalized spacial score (nSPS) is 12.3. The van der Waals surface area contributed by atoms with Crippen molar-refractivity contribution < 1.29 is 8.78 Å². The summed E-state index contributed by atoms with van der Waals surface area (Å²) in [4.78, 5) is 28.7. The summed E-state index contributed by atoms with van der Waals surface area (Å²) in [5.74, 6) is -1.06. The number of benzene rings is 4. The predicted molar refractivity (Wildman–Crippen MR) is 218 cm³/mol. The van der Waals surface area contributed by atoms with Crippen LogP contribution >= 0.6 is 0 Å². The Morgan fingerprint density at radius 3 is 1.05 bits per heavy atom. The van der Waals surface area contributed by atoms with Gasteiger partial charge in [-0.05, 0) is 84.6 Å². The summed E-state index contributed by atoms with van der Waals surface area (Å²) in [7, 11) is 0. The summed E-state index contributed by atoms with van der Waals surface area (Å²) < 4.78 is 28.3. The van der Waals surface area contributed by atoms with Crippen LogP contribution in [0.2, 0.25) is 0 Å². The van der Waals surface area contributed by atoms with Crippen molar-refractivity contribution in [3.63, 3.8) is 0 Å². The SMILES string of the molecule is Fc1ccc2ccc3ccc(-c4cccc(-c5ccc6c(n5)-c5nc(-c7cccc(-c8ccc9ccc%10ccc(F)nc%10c9n8)c7)ccc5CC6)c4)nc3c2n1. The summed E-state index contributed by atoms with van der Waals surface area (Å²) in [6, 6.07) is 46.9. The van der Waals surface area contributed by atoms with Gasteiger partial charge in [-0.1, -0.05) is 84.9 Å². The number of hydrogen-bond donors (Lipinski definition) is 0. The van der Waals surface area contributed by atoms with E-state index in [0.717, 1.165) is 102 Å². The fraction of sp³-hybridized carbons (Fsp3) is 0.0417. The maximum Gasteiger partial charge on any atom is 0.213 e. The van der Waals surface area contributed by atoms with Gasteiger partial charge in [-0.25, -0.2) is 29.9 Å². The van der Waals surface area contributed by atoms with Crippen molar-refractivity contribution in [2.75, 3.05) is 0 Å². The highest BCUT2D eigenvalue weighted by atomic mass is 19.1. The Hall–Kier alpha value is -7.32. The smallest absolute Gasteiger partial charge is 0.213 e. The Kier molecular flexibility index (Phi) is 7.25. The molecule has 1 aliphatic rings. The van der Waals surface area contributed by atoms with Crippen LogP contribution in [0.5, 0.6) is 0 Å². The van der Waals surface area contributed by atoms with Crippen LogP contribution in [0, 0.1) is 11.9 Å². The summed E-state index contributed by atoms with van der Waals surface area (Å²) in [5.41, 5.74) is 13.5. The zero-order valence-electron chi connectivity index (χ0n) is 29.7. The number of aromatic nitrogens is 6. The summed E-state index contributed by atoms with van der Waals surface area (Å²) in [6.45, 7) is 0. The number of nitrogens with zero attached hydrogens (tertiary/aromatic N) is 6. The Bertz CT molecular complexity index is 3030. The van der Waals surface area contributed by atoms with Crippen molar-refractivity contribution in [3.8, 4) is 56.4 Å². The second kappa shape index (κ2) is 12.6. The minimum atomic E-state index is -0.528. The molecule has 56 heavy (non-hydrogen) atoms. The van der Waals surface area contributed by atoms with E-state index in [1.807, 2.05) is 72.8 Å². The third kappa shape index (κ3) is 5.45. The van der Waals surface area contributed by atoms with Crippen molar-refractivity contribution in [2.45, 2.75) is 12.8 Å². The molecule has 0 amide bonds. The third-order valence-corrected chi connectivity index (χ3v) is 10.7. The number of aryl methyl sites for hydroxylation is 2. The van der Waals surface area contributed by atoms with Crippen LogP contribution in [0.15, 0.2) is 146 Å². The zero-order chi connectivity index (χ0) is 37.3. The molecule has 0 radical (unpaired) electrons. The Balaban J connectivity index is 0.950. The number of halogens is 2. The van der Waals surface area contributed by atoms with E-state index < -0.39 is 11.9 Å². The molecule has 0 saturated heterocycles. The van der Waals surface area contributed by atoms with Gasteiger partial charge in [0, 0.05) is 43.8 Å². The second-order valence-electron chi connectivity index (χ2n) is 14.1. The van der Waals surface area contributed by atoms with E-state index in [-0.39, 0.29) is 0 Å². The first kappa shape index (κ1) is 32.1. The molecule has 1 aliphatic carbocycles. The van der Waals surface area contributed by atoms with Crippen molar-refractivity contribution in [3.05, 3.63) is 169 Å². The van der Waals surface area contributed by atoms with E-state index in [0.29, 0.717) is 22.1 Å². The van der Waals surface area contributed by atoms with Crippen molar-refractivity contribution >= 4 is 43.6 Å². The second-order valence-corrected chi connectivity index (χ2v) is 14.1. The topological polar surface area (TPSA) is 77.3 Å². The molecular weight excluding hydrogens is 699 g/mol.